The van der Waals surface area contributed by atoms with Crippen molar-refractivity contribution in [1.29, 1.82) is 0 Å². The van der Waals surface area contributed by atoms with Crippen LogP contribution in [0.1, 0.15) is 51.0 Å². The number of aromatic nitrogens is 5. The number of rotatable bonds is 5. The molecule has 3 heterocycles. The molecule has 1 fully saturated rings. The molecule has 0 unspecified atom stereocenters. The molecule has 1 aliphatic rings. The fourth-order valence-corrected chi connectivity index (χ4v) is 3.46. The van der Waals surface area contributed by atoms with Crippen LogP contribution in [0.2, 0.25) is 0 Å². The Kier molecular flexibility index (Phi) is 4.73. The first-order chi connectivity index (χ1) is 11.4. The van der Waals surface area contributed by atoms with Crippen molar-refractivity contribution in [3.8, 4) is 0 Å². The van der Waals surface area contributed by atoms with Gasteiger partial charge in [0, 0.05) is 38.3 Å². The van der Waals surface area contributed by atoms with E-state index >= 15 is 0 Å². The number of hydrogen-bond acceptors (Lipinski definition) is 7. The lowest BCUT2D eigenvalue weighted by molar-refractivity contribution is 0.0825. The van der Waals surface area contributed by atoms with E-state index in [1.807, 2.05) is 32.8 Å². The van der Waals surface area contributed by atoms with Gasteiger partial charge < -0.3 is 9.64 Å². The van der Waals surface area contributed by atoms with Crippen LogP contribution in [0, 0.1) is 5.92 Å². The van der Waals surface area contributed by atoms with Gasteiger partial charge in [0.1, 0.15) is 12.6 Å². The zero-order chi connectivity index (χ0) is 17.4. The van der Waals surface area contributed by atoms with Gasteiger partial charge in [0.2, 0.25) is 5.13 Å². The van der Waals surface area contributed by atoms with Crippen molar-refractivity contribution in [3.05, 3.63) is 22.1 Å². The molecule has 2 atom stereocenters. The SMILES string of the molecule is CC(C)n1c([C@H]2OCC[C@H]2C)nn(Cc2nsc(N(C)C)n2)c1=O. The molecule has 8 nitrogen and oxygen atoms in total. The zero-order valence-electron chi connectivity index (χ0n) is 14.8. The van der Waals surface area contributed by atoms with E-state index < -0.39 is 0 Å². The Morgan fingerprint density at radius 3 is 2.71 bits per heavy atom. The van der Waals surface area contributed by atoms with Crippen LogP contribution in [0.5, 0.6) is 0 Å². The molecule has 132 valence electrons. The van der Waals surface area contributed by atoms with E-state index in [2.05, 4.69) is 21.4 Å². The van der Waals surface area contributed by atoms with Crippen LogP contribution in [0.4, 0.5) is 5.13 Å². The Morgan fingerprint density at radius 2 is 2.17 bits per heavy atom. The summed E-state index contributed by atoms with van der Waals surface area (Å²) in [5.41, 5.74) is -0.135. The van der Waals surface area contributed by atoms with E-state index in [9.17, 15) is 4.79 Å². The van der Waals surface area contributed by atoms with Gasteiger partial charge >= 0.3 is 5.69 Å². The third-order valence-electron chi connectivity index (χ3n) is 4.19. The lowest BCUT2D eigenvalue weighted by Gasteiger charge is -2.16. The predicted molar refractivity (Wildman–Crippen MR) is 92.7 cm³/mol. The first-order valence-electron chi connectivity index (χ1n) is 8.19. The molecule has 9 heteroatoms. The Morgan fingerprint density at radius 1 is 1.42 bits per heavy atom. The van der Waals surface area contributed by atoms with E-state index in [4.69, 9.17) is 4.74 Å². The standard InChI is InChI=1S/C15H24N6O2S/c1-9(2)21-13(12-10(3)6-7-23-12)17-20(15(21)22)8-11-16-14(19(4)5)24-18-11/h9-10,12H,6-8H2,1-5H3/t10-,12+/m1/s1. The summed E-state index contributed by atoms with van der Waals surface area (Å²) in [6, 6.07) is 0.0263. The Balaban J connectivity index is 1.94. The molecule has 0 radical (unpaired) electrons. The lowest BCUT2D eigenvalue weighted by Crippen LogP contribution is -2.28. The van der Waals surface area contributed by atoms with Gasteiger partial charge in [0.15, 0.2) is 11.6 Å². The maximum absolute atomic E-state index is 12.8. The molecular formula is C15H24N6O2S. The third-order valence-corrected chi connectivity index (χ3v) is 5.11. The Hall–Kier alpha value is -1.74. The highest BCUT2D eigenvalue weighted by molar-refractivity contribution is 7.09. The summed E-state index contributed by atoms with van der Waals surface area (Å²) in [5, 5.41) is 5.38. The second kappa shape index (κ2) is 6.64. The maximum Gasteiger partial charge on any atom is 0.346 e. The molecule has 0 N–H and O–H groups in total. The van der Waals surface area contributed by atoms with Crippen LogP contribution in [0.15, 0.2) is 4.79 Å². The summed E-state index contributed by atoms with van der Waals surface area (Å²) in [6.45, 7) is 7.10. The molecule has 0 aliphatic carbocycles. The average molecular weight is 352 g/mol. The van der Waals surface area contributed by atoms with Gasteiger partial charge in [0.25, 0.3) is 0 Å². The largest absolute Gasteiger partial charge is 0.370 e. The van der Waals surface area contributed by atoms with Crippen LogP contribution in [0.3, 0.4) is 0 Å². The zero-order valence-corrected chi connectivity index (χ0v) is 15.6. The highest BCUT2D eigenvalue weighted by atomic mass is 32.1. The molecule has 0 spiro atoms. The summed E-state index contributed by atoms with van der Waals surface area (Å²) >= 11 is 1.32. The fraction of sp³-hybridized carbons (Fsp3) is 0.733. The van der Waals surface area contributed by atoms with Crippen molar-refractivity contribution >= 4 is 16.7 Å². The van der Waals surface area contributed by atoms with Crippen molar-refractivity contribution in [1.82, 2.24) is 23.7 Å². The molecule has 1 aliphatic heterocycles. The molecule has 1 saturated heterocycles. The molecular weight excluding hydrogens is 328 g/mol. The van der Waals surface area contributed by atoms with E-state index in [0.717, 1.165) is 11.6 Å². The number of hydrogen-bond donors (Lipinski definition) is 0. The first kappa shape index (κ1) is 17.1. The highest BCUT2D eigenvalue weighted by Gasteiger charge is 2.32. The minimum Gasteiger partial charge on any atom is -0.370 e. The lowest BCUT2D eigenvalue weighted by atomic mass is 10.0. The molecule has 0 amide bonds. The maximum atomic E-state index is 12.8. The van der Waals surface area contributed by atoms with Crippen LogP contribution >= 0.6 is 11.5 Å². The fourth-order valence-electron chi connectivity index (χ4n) is 2.87. The van der Waals surface area contributed by atoms with Gasteiger partial charge in [-0.25, -0.2) is 14.5 Å². The molecule has 2 aromatic heterocycles. The molecule has 24 heavy (non-hydrogen) atoms. The van der Waals surface area contributed by atoms with Gasteiger partial charge in [-0.1, -0.05) is 6.92 Å². The second-order valence-corrected chi connectivity index (χ2v) is 7.44. The summed E-state index contributed by atoms with van der Waals surface area (Å²) in [4.78, 5) is 19.1. The third kappa shape index (κ3) is 3.10. The molecule has 3 rings (SSSR count). The molecule has 0 aromatic carbocycles. The Bertz CT molecular complexity index is 762. The minimum absolute atomic E-state index is 0.0263. The van der Waals surface area contributed by atoms with Crippen LogP contribution in [-0.2, 0) is 11.3 Å². The van der Waals surface area contributed by atoms with Gasteiger partial charge in [-0.2, -0.15) is 9.47 Å². The normalized spacial score (nSPS) is 20.9. The number of ether oxygens (including phenoxy) is 1. The van der Waals surface area contributed by atoms with E-state index in [0.29, 0.717) is 24.2 Å². The van der Waals surface area contributed by atoms with Crippen LogP contribution in [-0.4, -0.2) is 44.4 Å². The monoisotopic (exact) mass is 352 g/mol. The van der Waals surface area contributed by atoms with Gasteiger partial charge in [0.05, 0.1) is 0 Å². The van der Waals surface area contributed by atoms with E-state index in [-0.39, 0.29) is 24.4 Å². The van der Waals surface area contributed by atoms with Gasteiger partial charge in [-0.3, -0.25) is 4.57 Å². The minimum atomic E-state index is -0.135. The topological polar surface area (TPSA) is 78.1 Å². The average Bonchev–Trinajstić information content (AvgIpc) is 3.19. The number of nitrogens with zero attached hydrogens (tertiary/aromatic N) is 6. The van der Waals surface area contributed by atoms with Crippen molar-refractivity contribution < 1.29 is 4.74 Å². The van der Waals surface area contributed by atoms with E-state index in [1.54, 1.807) is 4.57 Å². The molecule has 0 bridgehead atoms. The highest BCUT2D eigenvalue weighted by Crippen LogP contribution is 2.33. The summed E-state index contributed by atoms with van der Waals surface area (Å²) in [7, 11) is 3.84. The summed E-state index contributed by atoms with van der Waals surface area (Å²) in [6.07, 6.45) is 0.867. The van der Waals surface area contributed by atoms with Gasteiger partial charge in [-0.15, -0.1) is 0 Å². The Labute approximate surface area is 145 Å². The van der Waals surface area contributed by atoms with Crippen molar-refractivity contribution in [2.24, 2.45) is 5.92 Å². The quantitative estimate of drug-likeness (QED) is 0.815. The summed E-state index contributed by atoms with van der Waals surface area (Å²) in [5.74, 6) is 1.67. The second-order valence-electron chi connectivity index (χ2n) is 6.71. The smallest absolute Gasteiger partial charge is 0.346 e. The molecule has 0 saturated carbocycles. The van der Waals surface area contributed by atoms with Crippen molar-refractivity contribution in [2.45, 2.75) is 45.9 Å². The number of anilines is 1. The van der Waals surface area contributed by atoms with Crippen LogP contribution < -0.4 is 10.6 Å². The van der Waals surface area contributed by atoms with Crippen LogP contribution in [0.25, 0.3) is 0 Å². The van der Waals surface area contributed by atoms with Gasteiger partial charge in [-0.05, 0) is 26.2 Å². The van der Waals surface area contributed by atoms with Crippen molar-refractivity contribution in [2.75, 3.05) is 25.6 Å². The van der Waals surface area contributed by atoms with E-state index in [1.165, 1.54) is 16.2 Å². The first-order valence-corrected chi connectivity index (χ1v) is 8.96. The summed E-state index contributed by atoms with van der Waals surface area (Å²) < 4.78 is 13.3. The predicted octanol–water partition coefficient (Wildman–Crippen LogP) is 1.69. The van der Waals surface area contributed by atoms with Crippen molar-refractivity contribution in [3.63, 3.8) is 0 Å². The molecule has 2 aromatic rings.